The molecule has 2 saturated heterocycles. The number of rotatable bonds is 4. The number of likely N-dealkylation sites (tertiary alicyclic amines) is 1. The Morgan fingerprint density at radius 3 is 2.43 bits per heavy atom. The second kappa shape index (κ2) is 9.38. The highest BCUT2D eigenvalue weighted by Crippen LogP contribution is 2.32. The number of hydrogen-bond acceptors (Lipinski definition) is 6. The maximum Gasteiger partial charge on any atom is 0.314 e. The zero-order valence-electron chi connectivity index (χ0n) is 18.8. The summed E-state index contributed by atoms with van der Waals surface area (Å²) in [6.45, 7) is 2.12. The summed E-state index contributed by atoms with van der Waals surface area (Å²) in [6, 6.07) is 9.88. The summed E-state index contributed by atoms with van der Waals surface area (Å²) in [5.74, 6) is -0.0767. The number of thiazole rings is 1. The van der Waals surface area contributed by atoms with E-state index in [2.05, 4.69) is 4.98 Å². The minimum absolute atomic E-state index is 0.126. The molecule has 3 amide bonds. The molecule has 2 aliphatic rings. The SMILES string of the molecule is NC(=O)N1CCC(c2cnc(C(=O)N3CCN(S(=O)(=O)c4ccc5cc(Cl)ccc5c4)CC3)s2)C1. The average molecular weight is 534 g/mol. The van der Waals surface area contributed by atoms with E-state index in [1.54, 1.807) is 52.4 Å². The van der Waals surface area contributed by atoms with Crippen LogP contribution < -0.4 is 5.73 Å². The molecule has 184 valence electrons. The summed E-state index contributed by atoms with van der Waals surface area (Å²) < 4.78 is 27.9. The van der Waals surface area contributed by atoms with Gasteiger partial charge in [-0.15, -0.1) is 11.3 Å². The van der Waals surface area contributed by atoms with Crippen molar-refractivity contribution in [3.05, 3.63) is 57.5 Å². The lowest BCUT2D eigenvalue weighted by atomic mass is 10.1. The van der Waals surface area contributed by atoms with Crippen molar-refractivity contribution in [3.8, 4) is 0 Å². The fourth-order valence-corrected chi connectivity index (χ4v) is 7.19. The van der Waals surface area contributed by atoms with Crippen molar-refractivity contribution in [1.82, 2.24) is 19.1 Å². The van der Waals surface area contributed by atoms with Gasteiger partial charge in [-0.05, 0) is 41.5 Å². The molecule has 3 heterocycles. The van der Waals surface area contributed by atoms with E-state index >= 15 is 0 Å². The fourth-order valence-electron chi connectivity index (χ4n) is 4.54. The number of urea groups is 1. The molecule has 0 bridgehead atoms. The number of piperazine rings is 1. The summed E-state index contributed by atoms with van der Waals surface area (Å²) in [6.07, 6.45) is 2.48. The molecule has 0 saturated carbocycles. The number of fused-ring (bicyclic) bond motifs is 1. The number of carbonyl (C=O) groups excluding carboxylic acids is 2. The molecule has 9 nitrogen and oxygen atoms in total. The summed E-state index contributed by atoms with van der Waals surface area (Å²) in [4.78, 5) is 33.1. The standard InChI is InChI=1S/C23H24ClN5O4S2/c24-18-3-1-16-12-19(4-2-15(16)11-18)35(32,33)29-9-7-27(8-10-29)22(30)21-26-13-20(34-21)17-5-6-28(14-17)23(25)31/h1-4,11-13,17H,5-10,14H2,(H2,25,31). The molecule has 5 rings (SSSR count). The van der Waals surface area contributed by atoms with E-state index in [0.717, 1.165) is 22.1 Å². The van der Waals surface area contributed by atoms with Gasteiger partial charge in [-0.3, -0.25) is 4.79 Å². The monoisotopic (exact) mass is 533 g/mol. The van der Waals surface area contributed by atoms with Gasteiger partial charge in [-0.2, -0.15) is 4.31 Å². The Bertz CT molecular complexity index is 1400. The quantitative estimate of drug-likeness (QED) is 0.553. The molecule has 0 aliphatic carbocycles. The largest absolute Gasteiger partial charge is 0.351 e. The molecule has 1 atom stereocenters. The van der Waals surface area contributed by atoms with E-state index in [1.807, 2.05) is 0 Å². The molecule has 0 spiro atoms. The number of primary amides is 1. The molecule has 2 N–H and O–H groups in total. The predicted octanol–water partition coefficient (Wildman–Crippen LogP) is 2.96. The van der Waals surface area contributed by atoms with Crippen LogP contribution in [0, 0.1) is 0 Å². The first-order valence-electron chi connectivity index (χ1n) is 11.2. The van der Waals surface area contributed by atoms with Crippen LogP contribution in [0.1, 0.15) is 27.0 Å². The minimum Gasteiger partial charge on any atom is -0.351 e. The van der Waals surface area contributed by atoms with Crippen molar-refractivity contribution in [2.45, 2.75) is 17.2 Å². The van der Waals surface area contributed by atoms with Crippen molar-refractivity contribution in [3.63, 3.8) is 0 Å². The highest BCUT2D eigenvalue weighted by Gasteiger charge is 2.32. The lowest BCUT2D eigenvalue weighted by molar-refractivity contribution is 0.0697. The Kier molecular flexibility index (Phi) is 6.43. The Morgan fingerprint density at radius 1 is 1.00 bits per heavy atom. The van der Waals surface area contributed by atoms with Gasteiger partial charge >= 0.3 is 6.03 Å². The number of nitrogens with zero attached hydrogens (tertiary/aromatic N) is 4. The summed E-state index contributed by atoms with van der Waals surface area (Å²) in [5, 5.41) is 2.64. The van der Waals surface area contributed by atoms with Gasteiger partial charge in [0, 0.05) is 61.3 Å². The Hall–Kier alpha value is -2.73. The van der Waals surface area contributed by atoms with Crippen LogP contribution in [0.3, 0.4) is 0 Å². The molecule has 35 heavy (non-hydrogen) atoms. The number of sulfonamides is 1. The van der Waals surface area contributed by atoms with E-state index in [9.17, 15) is 18.0 Å². The second-order valence-corrected chi connectivity index (χ2v) is 12.1. The molecule has 2 aliphatic heterocycles. The first kappa shape index (κ1) is 24.0. The van der Waals surface area contributed by atoms with Gasteiger partial charge in [0.25, 0.3) is 5.91 Å². The van der Waals surface area contributed by atoms with Crippen LogP contribution in [0.2, 0.25) is 5.02 Å². The third-order valence-corrected chi connectivity index (χ3v) is 9.82. The summed E-state index contributed by atoms with van der Waals surface area (Å²) >= 11 is 7.35. The normalized spacial score (nSPS) is 19.4. The van der Waals surface area contributed by atoms with Crippen LogP contribution in [0.5, 0.6) is 0 Å². The Balaban J connectivity index is 1.23. The molecule has 12 heteroatoms. The molecule has 1 aromatic heterocycles. The molecular formula is C23H24ClN5O4S2. The molecule has 2 aromatic carbocycles. The third kappa shape index (κ3) is 4.73. The average Bonchev–Trinajstić information content (AvgIpc) is 3.53. The zero-order valence-corrected chi connectivity index (χ0v) is 21.2. The molecule has 0 radical (unpaired) electrons. The second-order valence-electron chi connectivity index (χ2n) is 8.69. The lowest BCUT2D eigenvalue weighted by Gasteiger charge is -2.33. The molecular weight excluding hydrogens is 510 g/mol. The van der Waals surface area contributed by atoms with Crippen LogP contribution in [0.25, 0.3) is 10.8 Å². The van der Waals surface area contributed by atoms with Gasteiger partial charge in [0.05, 0.1) is 4.90 Å². The molecule has 3 aromatic rings. The lowest BCUT2D eigenvalue weighted by Crippen LogP contribution is -2.50. The third-order valence-electron chi connectivity index (χ3n) is 6.55. The number of benzene rings is 2. The van der Waals surface area contributed by atoms with E-state index in [0.29, 0.717) is 23.1 Å². The molecule has 2 fully saturated rings. The van der Waals surface area contributed by atoms with E-state index in [-0.39, 0.29) is 42.9 Å². The number of carbonyl (C=O) groups is 2. The van der Waals surface area contributed by atoms with Crippen LogP contribution in [0.4, 0.5) is 4.79 Å². The van der Waals surface area contributed by atoms with Gasteiger partial charge < -0.3 is 15.5 Å². The van der Waals surface area contributed by atoms with Crippen molar-refractivity contribution >= 4 is 55.7 Å². The van der Waals surface area contributed by atoms with E-state index in [1.165, 1.54) is 15.6 Å². The van der Waals surface area contributed by atoms with Crippen LogP contribution in [-0.4, -0.2) is 78.7 Å². The number of halogens is 1. The minimum atomic E-state index is -3.69. The van der Waals surface area contributed by atoms with Crippen LogP contribution in [-0.2, 0) is 10.0 Å². The van der Waals surface area contributed by atoms with Crippen LogP contribution >= 0.6 is 22.9 Å². The van der Waals surface area contributed by atoms with Gasteiger partial charge in [-0.1, -0.05) is 23.7 Å². The maximum atomic E-state index is 13.2. The number of amides is 3. The number of nitrogens with two attached hydrogens (primary N) is 1. The fraction of sp³-hybridized carbons (Fsp3) is 0.348. The van der Waals surface area contributed by atoms with Crippen molar-refractivity contribution < 1.29 is 18.0 Å². The number of hydrogen-bond donors (Lipinski definition) is 1. The van der Waals surface area contributed by atoms with Crippen molar-refractivity contribution in [2.75, 3.05) is 39.3 Å². The zero-order chi connectivity index (χ0) is 24.7. The Morgan fingerprint density at radius 2 is 1.71 bits per heavy atom. The number of aromatic nitrogens is 1. The highest BCUT2D eigenvalue weighted by atomic mass is 35.5. The molecule has 1 unspecified atom stereocenters. The Labute approximate surface area is 212 Å². The topological polar surface area (TPSA) is 117 Å². The van der Waals surface area contributed by atoms with Gasteiger partial charge in [0.15, 0.2) is 5.01 Å². The van der Waals surface area contributed by atoms with Gasteiger partial charge in [-0.25, -0.2) is 18.2 Å². The highest BCUT2D eigenvalue weighted by molar-refractivity contribution is 7.89. The van der Waals surface area contributed by atoms with Gasteiger partial charge in [0.1, 0.15) is 0 Å². The maximum absolute atomic E-state index is 13.2. The van der Waals surface area contributed by atoms with Crippen molar-refractivity contribution in [2.24, 2.45) is 5.73 Å². The first-order valence-corrected chi connectivity index (χ1v) is 13.8. The van der Waals surface area contributed by atoms with Crippen molar-refractivity contribution in [1.29, 1.82) is 0 Å². The summed E-state index contributed by atoms with van der Waals surface area (Å²) in [7, 11) is -3.69. The van der Waals surface area contributed by atoms with Crippen LogP contribution in [0.15, 0.2) is 47.5 Å². The van der Waals surface area contributed by atoms with E-state index in [4.69, 9.17) is 17.3 Å². The smallest absolute Gasteiger partial charge is 0.314 e. The van der Waals surface area contributed by atoms with E-state index < -0.39 is 16.1 Å². The first-order chi connectivity index (χ1) is 16.7. The van der Waals surface area contributed by atoms with Gasteiger partial charge in [0.2, 0.25) is 10.0 Å². The summed E-state index contributed by atoms with van der Waals surface area (Å²) in [5.41, 5.74) is 5.36. The predicted molar refractivity (Wildman–Crippen MR) is 134 cm³/mol.